The smallest absolute Gasteiger partial charge is 1.00 e. The molecule has 0 aromatic heterocycles. The summed E-state index contributed by atoms with van der Waals surface area (Å²) >= 11 is 0. The molecule has 0 atom stereocenters. The van der Waals surface area contributed by atoms with E-state index in [2.05, 4.69) is 0 Å². The van der Waals surface area contributed by atoms with Gasteiger partial charge >= 0.3 is 45.6 Å². The Balaban J connectivity index is -0.00000000800. The van der Waals surface area contributed by atoms with Crippen LogP contribution in [0.1, 0.15) is 2.85 Å². The van der Waals surface area contributed by atoms with Gasteiger partial charge in [-0.1, -0.05) is 0 Å². The standard InChI is InChI=1S/Ca.H3O4P.H2O.Zn.2H/c;1-5(2,3)4;;;;/h;(H3,1,2,3,4);1H2;;;/q+2;;;;2*-1. The molecule has 46 valence electrons. The van der Waals surface area contributed by atoms with Gasteiger partial charge < -0.3 is 23.0 Å². The summed E-state index contributed by atoms with van der Waals surface area (Å²) in [4.78, 5) is 21.6. The Labute approximate surface area is 91.8 Å². The maximum absolute atomic E-state index is 8.88. The van der Waals surface area contributed by atoms with Crippen LogP contribution in [0.25, 0.3) is 0 Å². The third-order valence-corrected chi connectivity index (χ3v) is 0. The van der Waals surface area contributed by atoms with Gasteiger partial charge in [0.15, 0.2) is 0 Å². The summed E-state index contributed by atoms with van der Waals surface area (Å²) in [5.41, 5.74) is 0. The van der Waals surface area contributed by atoms with Crippen molar-refractivity contribution in [2.45, 2.75) is 0 Å². The molecule has 8 heavy (non-hydrogen) atoms. The van der Waals surface area contributed by atoms with E-state index < -0.39 is 7.82 Å². The zero-order valence-corrected chi connectivity index (χ0v) is 10.2. The largest absolute Gasteiger partial charge is 2.00 e. The van der Waals surface area contributed by atoms with E-state index >= 15 is 0 Å². The normalized spacial score (nSPS) is 7.38. The Morgan fingerprint density at radius 1 is 1.25 bits per heavy atom. The van der Waals surface area contributed by atoms with Crippen molar-refractivity contribution in [2.75, 3.05) is 0 Å². The maximum atomic E-state index is 8.88. The second kappa shape index (κ2) is 8.95. The SMILES string of the molecule is O.O=P(O)(O)O.[Ca+2].[H-].[H-].[Zn]. The molecule has 0 aromatic carbocycles. The maximum Gasteiger partial charge on any atom is 2.00 e. The fourth-order valence-corrected chi connectivity index (χ4v) is 0. The first kappa shape index (κ1) is 22.5. The molecular weight excluding hydrogens is 216 g/mol. The molecule has 0 spiro atoms. The third-order valence-electron chi connectivity index (χ3n) is 0. The van der Waals surface area contributed by atoms with Gasteiger partial charge in [-0.15, -0.1) is 0 Å². The van der Waals surface area contributed by atoms with Crippen LogP contribution in [0, 0.1) is 0 Å². The van der Waals surface area contributed by atoms with E-state index in [1.165, 1.54) is 0 Å². The van der Waals surface area contributed by atoms with E-state index in [0.717, 1.165) is 0 Å². The molecule has 0 bridgehead atoms. The molecule has 0 aromatic rings. The van der Waals surface area contributed by atoms with Crippen LogP contribution in [-0.2, 0) is 24.0 Å². The summed E-state index contributed by atoms with van der Waals surface area (Å²) in [6.45, 7) is 0. The summed E-state index contributed by atoms with van der Waals surface area (Å²) in [7, 11) is -4.64. The van der Waals surface area contributed by atoms with Crippen molar-refractivity contribution >= 4 is 45.6 Å². The first-order chi connectivity index (χ1) is 2.00. The van der Waals surface area contributed by atoms with E-state index in [1.54, 1.807) is 0 Å². The van der Waals surface area contributed by atoms with Crippen molar-refractivity contribution in [1.29, 1.82) is 0 Å². The quantitative estimate of drug-likeness (QED) is 0.329. The Hall–Kier alpha value is 1.95. The fraction of sp³-hybridized carbons (Fsp3) is 0. The molecule has 0 saturated carbocycles. The van der Waals surface area contributed by atoms with Gasteiger partial charge in [-0.05, 0) is 0 Å². The number of hydrogen-bond acceptors (Lipinski definition) is 1. The average Bonchev–Trinajstić information content (AvgIpc) is 0.722. The van der Waals surface area contributed by atoms with E-state index in [4.69, 9.17) is 19.2 Å². The van der Waals surface area contributed by atoms with Crippen molar-refractivity contribution < 1.29 is 47.1 Å². The van der Waals surface area contributed by atoms with Crippen LogP contribution in [0.5, 0.6) is 0 Å². The Kier molecular flexibility index (Phi) is 25.2. The van der Waals surface area contributed by atoms with Gasteiger partial charge in [-0.25, -0.2) is 4.57 Å². The Bertz CT molecular complexity index is 65.8. The number of hydrogen-bond donors (Lipinski definition) is 3. The second-order valence-corrected chi connectivity index (χ2v) is 1.54. The molecule has 0 aliphatic rings. The van der Waals surface area contributed by atoms with Crippen LogP contribution >= 0.6 is 7.82 Å². The van der Waals surface area contributed by atoms with E-state index in [9.17, 15) is 0 Å². The molecule has 0 unspecified atom stereocenters. The number of phosphoric acid groups is 1. The van der Waals surface area contributed by atoms with Gasteiger partial charge in [0.05, 0.1) is 0 Å². The predicted octanol–water partition coefficient (Wildman–Crippen LogP) is -1.91. The molecule has 0 fully saturated rings. The molecule has 0 saturated heterocycles. The average molecular weight is 223 g/mol. The van der Waals surface area contributed by atoms with Crippen LogP contribution < -0.4 is 0 Å². The van der Waals surface area contributed by atoms with Crippen molar-refractivity contribution in [3.63, 3.8) is 0 Å². The van der Waals surface area contributed by atoms with Crippen LogP contribution in [0.4, 0.5) is 0 Å². The summed E-state index contributed by atoms with van der Waals surface area (Å²) in [6, 6.07) is 0. The summed E-state index contributed by atoms with van der Waals surface area (Å²) < 4.78 is 8.88. The minimum Gasteiger partial charge on any atom is -1.00 e. The zero-order valence-electron chi connectivity index (χ0n) is 6.11. The van der Waals surface area contributed by atoms with Gasteiger partial charge in [0.2, 0.25) is 0 Å². The first-order valence-corrected chi connectivity index (χ1v) is 2.35. The van der Waals surface area contributed by atoms with E-state index in [0.29, 0.717) is 0 Å². The third kappa shape index (κ3) is 101. The topological polar surface area (TPSA) is 109 Å². The van der Waals surface area contributed by atoms with Crippen LogP contribution in [0.2, 0.25) is 0 Å². The summed E-state index contributed by atoms with van der Waals surface area (Å²) in [6.07, 6.45) is 0. The molecule has 0 amide bonds. The van der Waals surface area contributed by atoms with Crippen molar-refractivity contribution in [3.8, 4) is 0 Å². The minimum atomic E-state index is -4.64. The molecule has 0 rings (SSSR count). The minimum absolute atomic E-state index is 0. The molecule has 5 nitrogen and oxygen atoms in total. The molecule has 8 heteroatoms. The monoisotopic (exact) mass is 222 g/mol. The molecule has 0 radical (unpaired) electrons. The van der Waals surface area contributed by atoms with Gasteiger partial charge in [0.1, 0.15) is 0 Å². The molecule has 0 heterocycles. The van der Waals surface area contributed by atoms with E-state index in [1.807, 2.05) is 0 Å². The number of rotatable bonds is 0. The van der Waals surface area contributed by atoms with Gasteiger partial charge in [0, 0.05) is 19.5 Å². The fourth-order valence-electron chi connectivity index (χ4n) is 0. The van der Waals surface area contributed by atoms with Gasteiger partial charge in [0.25, 0.3) is 0 Å². The van der Waals surface area contributed by atoms with Crippen LogP contribution in [-0.4, -0.2) is 57.9 Å². The Morgan fingerprint density at radius 3 is 1.25 bits per heavy atom. The Morgan fingerprint density at radius 2 is 1.25 bits per heavy atom. The van der Waals surface area contributed by atoms with Crippen molar-refractivity contribution in [2.24, 2.45) is 0 Å². The molecular formula is H7CaO5PZn. The molecule has 5 N–H and O–H groups in total. The van der Waals surface area contributed by atoms with Crippen molar-refractivity contribution in [3.05, 3.63) is 0 Å². The van der Waals surface area contributed by atoms with Gasteiger partial charge in [-0.3, -0.25) is 0 Å². The van der Waals surface area contributed by atoms with Crippen LogP contribution in [0.15, 0.2) is 0 Å². The summed E-state index contributed by atoms with van der Waals surface area (Å²) in [5.74, 6) is 0. The molecule has 0 aliphatic heterocycles. The summed E-state index contributed by atoms with van der Waals surface area (Å²) in [5, 5.41) is 0. The predicted molar refractivity (Wildman–Crippen MR) is 25.9 cm³/mol. The van der Waals surface area contributed by atoms with Crippen LogP contribution in [0.3, 0.4) is 0 Å². The van der Waals surface area contributed by atoms with E-state index in [-0.39, 0.29) is 65.5 Å². The van der Waals surface area contributed by atoms with Crippen molar-refractivity contribution in [1.82, 2.24) is 0 Å². The second-order valence-electron chi connectivity index (χ2n) is 0.513. The zero-order chi connectivity index (χ0) is 4.50. The first-order valence-electron chi connectivity index (χ1n) is 0.783. The molecule has 0 aliphatic carbocycles. The van der Waals surface area contributed by atoms with Gasteiger partial charge in [-0.2, -0.15) is 0 Å².